The highest BCUT2D eigenvalue weighted by Gasteiger charge is 2.17. The van der Waals surface area contributed by atoms with Gasteiger partial charge < -0.3 is 9.29 Å². The van der Waals surface area contributed by atoms with Gasteiger partial charge in [0, 0.05) is 18.5 Å². The number of hydrogen-bond donors (Lipinski definition) is 2. The number of carbonyl (C=O) groups is 1. The summed E-state index contributed by atoms with van der Waals surface area (Å²) in [5.74, 6) is 1.01. The summed E-state index contributed by atoms with van der Waals surface area (Å²) >= 11 is -1.17. The zero-order valence-electron chi connectivity index (χ0n) is 12.5. The minimum absolute atomic E-state index is 0.0104. The molecule has 0 spiro atoms. The molecular formula is C16H20N2O3S. The molecule has 2 atom stereocenters. The minimum atomic E-state index is -1.17. The number of hydrazine groups is 1. The molecule has 1 saturated heterocycles. The third-order valence-corrected chi connectivity index (χ3v) is 4.65. The van der Waals surface area contributed by atoms with Gasteiger partial charge in [0.05, 0.1) is 7.11 Å². The molecule has 2 unspecified atom stereocenters. The molecular weight excluding hydrogens is 300 g/mol. The normalized spacial score (nSPS) is 19.7. The fraction of sp³-hybridized carbons (Fsp3) is 0.312. The van der Waals surface area contributed by atoms with E-state index in [9.17, 15) is 9.35 Å². The SMILES string of the molecule is C=CC[S+]([O-])c1cc(/C=C/C2CCC(=O)NN2)ccc1OC. The van der Waals surface area contributed by atoms with E-state index in [0.717, 1.165) is 12.0 Å². The monoisotopic (exact) mass is 320 g/mol. The standard InChI is InChI=1S/C16H20N2O3S/c1-3-10-22(20)15-11-12(5-8-14(15)21-2)4-6-13-7-9-16(19)18-17-13/h3-6,8,11,13,17H,1,7,9-10H2,2H3,(H,18,19)/b6-4+. The van der Waals surface area contributed by atoms with Crippen LogP contribution in [0.15, 0.2) is 41.8 Å². The molecule has 1 aromatic rings. The highest BCUT2D eigenvalue weighted by Crippen LogP contribution is 2.26. The first-order valence-electron chi connectivity index (χ1n) is 7.04. The summed E-state index contributed by atoms with van der Waals surface area (Å²) in [7, 11) is 1.56. The first-order valence-corrected chi connectivity index (χ1v) is 8.36. The highest BCUT2D eigenvalue weighted by atomic mass is 32.2. The fourth-order valence-electron chi connectivity index (χ4n) is 2.14. The number of rotatable bonds is 6. The van der Waals surface area contributed by atoms with Crippen molar-refractivity contribution < 1.29 is 14.1 Å². The molecule has 1 aliphatic rings. The molecule has 1 fully saturated rings. The van der Waals surface area contributed by atoms with Crippen LogP contribution in [-0.4, -0.2) is 29.4 Å². The van der Waals surface area contributed by atoms with Crippen molar-refractivity contribution >= 4 is 23.2 Å². The molecule has 0 saturated carbocycles. The molecule has 1 aliphatic heterocycles. The van der Waals surface area contributed by atoms with Crippen LogP contribution in [0.4, 0.5) is 0 Å². The van der Waals surface area contributed by atoms with Crippen molar-refractivity contribution in [3.63, 3.8) is 0 Å². The maximum Gasteiger partial charge on any atom is 0.234 e. The van der Waals surface area contributed by atoms with Crippen LogP contribution in [0.1, 0.15) is 18.4 Å². The second-order valence-electron chi connectivity index (χ2n) is 4.91. The van der Waals surface area contributed by atoms with Crippen LogP contribution in [0.3, 0.4) is 0 Å². The molecule has 0 aliphatic carbocycles. The average Bonchev–Trinajstić information content (AvgIpc) is 2.54. The molecule has 1 heterocycles. The summed E-state index contributed by atoms with van der Waals surface area (Å²) in [6.45, 7) is 3.62. The van der Waals surface area contributed by atoms with Crippen LogP contribution >= 0.6 is 0 Å². The van der Waals surface area contributed by atoms with Crippen molar-refractivity contribution in [1.29, 1.82) is 0 Å². The smallest absolute Gasteiger partial charge is 0.234 e. The number of amides is 1. The van der Waals surface area contributed by atoms with E-state index in [1.165, 1.54) is 0 Å². The van der Waals surface area contributed by atoms with Crippen molar-refractivity contribution in [2.75, 3.05) is 12.9 Å². The Balaban J connectivity index is 2.12. The second kappa shape index (κ2) is 8.03. The zero-order valence-corrected chi connectivity index (χ0v) is 13.3. The summed E-state index contributed by atoms with van der Waals surface area (Å²) < 4.78 is 17.5. The van der Waals surface area contributed by atoms with Crippen molar-refractivity contribution in [3.05, 3.63) is 42.5 Å². The molecule has 0 radical (unpaired) electrons. The van der Waals surface area contributed by atoms with E-state index in [4.69, 9.17) is 4.74 Å². The van der Waals surface area contributed by atoms with E-state index in [2.05, 4.69) is 17.4 Å². The first-order chi connectivity index (χ1) is 10.6. The number of benzene rings is 1. The van der Waals surface area contributed by atoms with Crippen molar-refractivity contribution in [1.82, 2.24) is 10.9 Å². The van der Waals surface area contributed by atoms with Gasteiger partial charge in [-0.25, -0.2) is 5.43 Å². The van der Waals surface area contributed by atoms with Gasteiger partial charge in [-0.05, 0) is 35.3 Å². The molecule has 2 N–H and O–H groups in total. The Hall–Kier alpha value is -1.76. The Morgan fingerprint density at radius 3 is 3.00 bits per heavy atom. The van der Waals surface area contributed by atoms with Gasteiger partial charge in [-0.15, -0.1) is 0 Å². The Kier molecular flexibility index (Phi) is 6.06. The summed E-state index contributed by atoms with van der Waals surface area (Å²) in [6.07, 6.45) is 6.84. The summed E-state index contributed by atoms with van der Waals surface area (Å²) in [5, 5.41) is 0. The molecule has 0 aromatic heterocycles. The van der Waals surface area contributed by atoms with Crippen LogP contribution < -0.4 is 15.6 Å². The fourth-order valence-corrected chi connectivity index (χ4v) is 3.17. The Morgan fingerprint density at radius 1 is 1.55 bits per heavy atom. The number of ether oxygens (including phenoxy) is 1. The summed E-state index contributed by atoms with van der Waals surface area (Å²) in [4.78, 5) is 11.7. The van der Waals surface area contributed by atoms with Gasteiger partial charge in [0.2, 0.25) is 5.91 Å². The molecule has 118 valence electrons. The molecule has 1 aromatic carbocycles. The van der Waals surface area contributed by atoms with Gasteiger partial charge in [0.15, 0.2) is 10.6 Å². The number of methoxy groups -OCH3 is 1. The van der Waals surface area contributed by atoms with Gasteiger partial charge >= 0.3 is 0 Å². The van der Waals surface area contributed by atoms with Crippen LogP contribution in [0.25, 0.3) is 6.08 Å². The van der Waals surface area contributed by atoms with Gasteiger partial charge in [-0.3, -0.25) is 10.2 Å². The van der Waals surface area contributed by atoms with Gasteiger partial charge in [-0.1, -0.05) is 24.8 Å². The van der Waals surface area contributed by atoms with E-state index in [1.54, 1.807) is 13.2 Å². The van der Waals surface area contributed by atoms with Crippen molar-refractivity contribution in [3.8, 4) is 5.75 Å². The lowest BCUT2D eigenvalue weighted by Crippen LogP contribution is -2.48. The Morgan fingerprint density at radius 2 is 2.36 bits per heavy atom. The molecule has 6 heteroatoms. The lowest BCUT2D eigenvalue weighted by Gasteiger charge is -2.20. The first kappa shape index (κ1) is 16.6. The number of carbonyl (C=O) groups excluding carboxylic acids is 1. The van der Waals surface area contributed by atoms with Crippen molar-refractivity contribution in [2.45, 2.75) is 23.8 Å². The Labute approximate surface area is 133 Å². The predicted octanol–water partition coefficient (Wildman–Crippen LogP) is 1.79. The van der Waals surface area contributed by atoms with E-state index >= 15 is 0 Å². The third-order valence-electron chi connectivity index (χ3n) is 3.30. The maximum atomic E-state index is 12.2. The van der Waals surface area contributed by atoms with Crippen LogP contribution in [0.2, 0.25) is 0 Å². The predicted molar refractivity (Wildman–Crippen MR) is 87.8 cm³/mol. The quantitative estimate of drug-likeness (QED) is 0.619. The van der Waals surface area contributed by atoms with E-state index < -0.39 is 11.2 Å². The lowest BCUT2D eigenvalue weighted by molar-refractivity contribution is -0.123. The third kappa shape index (κ3) is 4.37. The minimum Gasteiger partial charge on any atom is -0.611 e. The van der Waals surface area contributed by atoms with Crippen LogP contribution in [0.5, 0.6) is 5.75 Å². The van der Waals surface area contributed by atoms with E-state index in [1.807, 2.05) is 30.4 Å². The molecule has 2 rings (SSSR count). The second-order valence-corrected chi connectivity index (χ2v) is 6.37. The van der Waals surface area contributed by atoms with Crippen molar-refractivity contribution in [2.24, 2.45) is 0 Å². The Bertz CT molecular complexity index is 565. The average molecular weight is 320 g/mol. The van der Waals surface area contributed by atoms with E-state index in [-0.39, 0.29) is 11.9 Å². The maximum absolute atomic E-state index is 12.2. The number of nitrogens with one attached hydrogen (secondary N) is 2. The number of hydrogen-bond acceptors (Lipinski definition) is 4. The van der Waals surface area contributed by atoms with Crippen LogP contribution in [0, 0.1) is 0 Å². The van der Waals surface area contributed by atoms with Gasteiger partial charge in [-0.2, -0.15) is 0 Å². The highest BCUT2D eigenvalue weighted by molar-refractivity contribution is 7.91. The molecule has 1 amide bonds. The topological polar surface area (TPSA) is 73.4 Å². The largest absolute Gasteiger partial charge is 0.611 e. The summed E-state index contributed by atoms with van der Waals surface area (Å²) in [5.41, 5.74) is 6.49. The summed E-state index contributed by atoms with van der Waals surface area (Å²) in [6, 6.07) is 5.68. The lowest BCUT2D eigenvalue weighted by atomic mass is 10.1. The van der Waals surface area contributed by atoms with Crippen LogP contribution in [-0.2, 0) is 16.0 Å². The zero-order chi connectivity index (χ0) is 15.9. The van der Waals surface area contributed by atoms with E-state index in [0.29, 0.717) is 22.8 Å². The molecule has 0 bridgehead atoms. The van der Waals surface area contributed by atoms with Gasteiger partial charge in [0.25, 0.3) is 0 Å². The molecule has 5 nitrogen and oxygen atoms in total. The molecule has 22 heavy (non-hydrogen) atoms. The van der Waals surface area contributed by atoms with Gasteiger partial charge in [0.1, 0.15) is 5.75 Å².